The highest BCUT2D eigenvalue weighted by molar-refractivity contribution is 9.10. The summed E-state index contributed by atoms with van der Waals surface area (Å²) in [4.78, 5) is 4.38. The molecule has 1 aromatic heterocycles. The largest absolute Gasteiger partial charge is 0.325 e. The monoisotopic (exact) mass is 311 g/mol. The van der Waals surface area contributed by atoms with Crippen LogP contribution in [0.15, 0.2) is 16.6 Å². The zero-order chi connectivity index (χ0) is 12.7. The number of imidazole rings is 1. The van der Waals surface area contributed by atoms with Gasteiger partial charge in [-0.1, -0.05) is 15.9 Å². The lowest BCUT2D eigenvalue weighted by molar-refractivity contribution is 0.370. The summed E-state index contributed by atoms with van der Waals surface area (Å²) in [5.74, 6) is 0.643. The van der Waals surface area contributed by atoms with E-state index in [-0.39, 0.29) is 5.82 Å². The van der Waals surface area contributed by atoms with Crippen LogP contribution in [0, 0.1) is 12.7 Å². The number of piperidine rings is 1. The minimum Gasteiger partial charge on any atom is -0.325 e. The van der Waals surface area contributed by atoms with Crippen molar-refractivity contribution in [1.82, 2.24) is 14.9 Å². The molecule has 1 aliphatic heterocycles. The average Bonchev–Trinajstić information content (AvgIpc) is 2.67. The van der Waals surface area contributed by atoms with Crippen LogP contribution in [0.4, 0.5) is 4.39 Å². The van der Waals surface area contributed by atoms with Crippen molar-refractivity contribution in [2.75, 3.05) is 13.1 Å². The number of fused-ring (bicyclic) bond motifs is 1. The van der Waals surface area contributed by atoms with Gasteiger partial charge in [-0.25, -0.2) is 9.37 Å². The van der Waals surface area contributed by atoms with Crippen molar-refractivity contribution in [3.05, 3.63) is 28.2 Å². The van der Waals surface area contributed by atoms with Crippen molar-refractivity contribution in [3.63, 3.8) is 0 Å². The van der Waals surface area contributed by atoms with Crippen molar-refractivity contribution in [3.8, 4) is 0 Å². The number of nitrogens with one attached hydrogen (secondary N) is 1. The molecule has 1 saturated heterocycles. The van der Waals surface area contributed by atoms with Gasteiger partial charge in [-0.05, 0) is 45.0 Å². The van der Waals surface area contributed by atoms with Crippen molar-refractivity contribution < 1.29 is 4.39 Å². The van der Waals surface area contributed by atoms with Gasteiger partial charge < -0.3 is 9.88 Å². The van der Waals surface area contributed by atoms with Crippen LogP contribution in [0.3, 0.4) is 0 Å². The Labute approximate surface area is 114 Å². The van der Waals surface area contributed by atoms with Crippen LogP contribution in [0.1, 0.15) is 24.7 Å². The Kier molecular flexibility index (Phi) is 3.11. The summed E-state index contributed by atoms with van der Waals surface area (Å²) < 4.78 is 16.8. The van der Waals surface area contributed by atoms with Crippen LogP contribution >= 0.6 is 15.9 Å². The predicted molar refractivity (Wildman–Crippen MR) is 73.3 cm³/mol. The van der Waals surface area contributed by atoms with Gasteiger partial charge in [0.05, 0.1) is 5.52 Å². The molecule has 0 spiro atoms. The predicted octanol–water partition coefficient (Wildman–Crippen LogP) is 3.17. The van der Waals surface area contributed by atoms with Crippen LogP contribution in [0.5, 0.6) is 0 Å². The number of nitrogens with zero attached hydrogens (tertiary/aromatic N) is 2. The van der Waals surface area contributed by atoms with E-state index in [2.05, 4.69) is 30.8 Å². The SMILES string of the molecule is Cc1nc2c(F)cc(Br)cc2n1C1CCNCC1. The van der Waals surface area contributed by atoms with E-state index in [0.717, 1.165) is 41.7 Å². The molecule has 1 aromatic carbocycles. The molecule has 18 heavy (non-hydrogen) atoms. The van der Waals surface area contributed by atoms with E-state index in [1.165, 1.54) is 6.07 Å². The highest BCUT2D eigenvalue weighted by Gasteiger charge is 2.21. The summed E-state index contributed by atoms with van der Waals surface area (Å²) in [5, 5.41) is 3.35. The van der Waals surface area contributed by atoms with E-state index in [9.17, 15) is 4.39 Å². The molecule has 1 aliphatic rings. The number of rotatable bonds is 1. The molecule has 0 unspecified atom stereocenters. The Morgan fingerprint density at radius 3 is 2.83 bits per heavy atom. The normalized spacial score (nSPS) is 17.5. The molecule has 1 N–H and O–H groups in total. The molecule has 0 bridgehead atoms. The first-order chi connectivity index (χ1) is 8.66. The van der Waals surface area contributed by atoms with Crippen LogP contribution < -0.4 is 5.32 Å². The number of benzene rings is 1. The molecule has 96 valence electrons. The molecule has 0 amide bonds. The maximum Gasteiger partial charge on any atom is 0.152 e. The Balaban J connectivity index is 2.18. The second-order valence-electron chi connectivity index (χ2n) is 4.77. The standard InChI is InChI=1S/C13H15BrFN3/c1-8-17-13-11(15)6-9(14)7-12(13)18(8)10-2-4-16-5-3-10/h6-7,10,16H,2-5H2,1H3. The number of hydrogen-bond donors (Lipinski definition) is 1. The van der Waals surface area contributed by atoms with Gasteiger partial charge in [0, 0.05) is 10.5 Å². The maximum atomic E-state index is 13.9. The number of aryl methyl sites for hydroxylation is 1. The topological polar surface area (TPSA) is 29.9 Å². The molecule has 1 fully saturated rings. The Hall–Kier alpha value is -0.940. The molecule has 0 saturated carbocycles. The zero-order valence-corrected chi connectivity index (χ0v) is 11.8. The van der Waals surface area contributed by atoms with E-state index in [1.807, 2.05) is 13.0 Å². The Bertz CT molecular complexity index is 587. The van der Waals surface area contributed by atoms with Crippen molar-refractivity contribution >= 4 is 27.0 Å². The van der Waals surface area contributed by atoms with Gasteiger partial charge in [-0.2, -0.15) is 0 Å². The van der Waals surface area contributed by atoms with E-state index in [1.54, 1.807) is 0 Å². The molecular weight excluding hydrogens is 297 g/mol. The van der Waals surface area contributed by atoms with E-state index >= 15 is 0 Å². The van der Waals surface area contributed by atoms with Gasteiger partial charge >= 0.3 is 0 Å². The van der Waals surface area contributed by atoms with E-state index in [4.69, 9.17) is 0 Å². The summed E-state index contributed by atoms with van der Waals surface area (Å²) in [6.07, 6.45) is 2.14. The van der Waals surface area contributed by atoms with Gasteiger partial charge in [-0.15, -0.1) is 0 Å². The fourth-order valence-electron chi connectivity index (χ4n) is 2.76. The van der Waals surface area contributed by atoms with Crippen LogP contribution in [0.2, 0.25) is 0 Å². The highest BCUT2D eigenvalue weighted by atomic mass is 79.9. The lowest BCUT2D eigenvalue weighted by Crippen LogP contribution is -2.29. The van der Waals surface area contributed by atoms with Crippen molar-refractivity contribution in [1.29, 1.82) is 0 Å². The third-order valence-electron chi connectivity index (χ3n) is 3.56. The average molecular weight is 312 g/mol. The molecule has 2 heterocycles. The Morgan fingerprint density at radius 1 is 1.39 bits per heavy atom. The summed E-state index contributed by atoms with van der Waals surface area (Å²) in [6.45, 7) is 3.98. The first kappa shape index (κ1) is 12.1. The number of hydrogen-bond acceptors (Lipinski definition) is 2. The zero-order valence-electron chi connectivity index (χ0n) is 10.2. The van der Waals surface area contributed by atoms with Gasteiger partial charge in [0.2, 0.25) is 0 Å². The molecule has 3 rings (SSSR count). The van der Waals surface area contributed by atoms with Gasteiger partial charge in [-0.3, -0.25) is 0 Å². The second-order valence-corrected chi connectivity index (χ2v) is 5.68. The van der Waals surface area contributed by atoms with E-state index in [0.29, 0.717) is 11.6 Å². The molecular formula is C13H15BrFN3. The maximum absolute atomic E-state index is 13.9. The fraction of sp³-hybridized carbons (Fsp3) is 0.462. The third-order valence-corrected chi connectivity index (χ3v) is 4.02. The number of aromatic nitrogens is 2. The van der Waals surface area contributed by atoms with Gasteiger partial charge in [0.15, 0.2) is 5.82 Å². The highest BCUT2D eigenvalue weighted by Crippen LogP contribution is 2.29. The first-order valence-electron chi connectivity index (χ1n) is 6.21. The summed E-state index contributed by atoms with van der Waals surface area (Å²) in [6, 6.07) is 3.85. The molecule has 3 nitrogen and oxygen atoms in total. The minimum atomic E-state index is -0.254. The van der Waals surface area contributed by atoms with Gasteiger partial charge in [0.1, 0.15) is 11.3 Å². The van der Waals surface area contributed by atoms with Crippen LogP contribution in [-0.2, 0) is 0 Å². The smallest absolute Gasteiger partial charge is 0.152 e. The van der Waals surface area contributed by atoms with Crippen LogP contribution in [-0.4, -0.2) is 22.6 Å². The minimum absolute atomic E-state index is 0.254. The summed E-state index contributed by atoms with van der Waals surface area (Å²) in [5.41, 5.74) is 1.38. The lowest BCUT2D eigenvalue weighted by Gasteiger charge is -2.25. The molecule has 0 atom stereocenters. The van der Waals surface area contributed by atoms with Crippen LogP contribution in [0.25, 0.3) is 11.0 Å². The molecule has 2 aromatic rings. The third kappa shape index (κ3) is 1.95. The van der Waals surface area contributed by atoms with Crippen molar-refractivity contribution in [2.24, 2.45) is 0 Å². The number of halogens is 2. The quantitative estimate of drug-likeness (QED) is 0.876. The van der Waals surface area contributed by atoms with Crippen molar-refractivity contribution in [2.45, 2.75) is 25.8 Å². The lowest BCUT2D eigenvalue weighted by atomic mass is 10.1. The molecule has 0 aliphatic carbocycles. The molecule has 5 heteroatoms. The van der Waals surface area contributed by atoms with E-state index < -0.39 is 0 Å². The summed E-state index contributed by atoms with van der Waals surface area (Å²) in [7, 11) is 0. The summed E-state index contributed by atoms with van der Waals surface area (Å²) >= 11 is 3.36. The fourth-order valence-corrected chi connectivity index (χ4v) is 3.18. The van der Waals surface area contributed by atoms with Gasteiger partial charge in [0.25, 0.3) is 0 Å². The first-order valence-corrected chi connectivity index (χ1v) is 7.00. The molecule has 0 radical (unpaired) electrons. The second kappa shape index (κ2) is 4.63. The Morgan fingerprint density at radius 2 is 2.11 bits per heavy atom.